The molecule has 3 N–H and O–H groups in total. The summed E-state index contributed by atoms with van der Waals surface area (Å²) in [4.78, 5) is 0. The fourth-order valence-corrected chi connectivity index (χ4v) is 1.71. The summed E-state index contributed by atoms with van der Waals surface area (Å²) in [6.07, 6.45) is 6.55. The van der Waals surface area contributed by atoms with Gasteiger partial charge in [0, 0.05) is 34.9 Å². The highest BCUT2D eigenvalue weighted by molar-refractivity contribution is 14.1. The van der Waals surface area contributed by atoms with Crippen LogP contribution in [0.5, 0.6) is 0 Å². The number of hydrogen-bond acceptors (Lipinski definition) is 2. The number of halogens is 1. The van der Waals surface area contributed by atoms with Gasteiger partial charge in [-0.2, -0.15) is 0 Å². The summed E-state index contributed by atoms with van der Waals surface area (Å²) in [5.74, 6) is 0. The van der Waals surface area contributed by atoms with Gasteiger partial charge >= 0.3 is 0 Å². The second-order valence-corrected chi connectivity index (χ2v) is 2.92. The quantitative estimate of drug-likeness (QED) is 0.406. The fraction of sp³-hybridized carbons (Fsp3) is 0.667. The minimum atomic E-state index is 0.218. The van der Waals surface area contributed by atoms with Crippen molar-refractivity contribution in [1.29, 1.82) is 0 Å². The molecule has 0 aromatic heterocycles. The van der Waals surface area contributed by atoms with Gasteiger partial charge in [-0.15, -0.1) is 0 Å². The van der Waals surface area contributed by atoms with Crippen molar-refractivity contribution >= 4 is 22.9 Å². The molecular formula is C6H11IN2. The highest BCUT2D eigenvalue weighted by atomic mass is 127. The van der Waals surface area contributed by atoms with Crippen LogP contribution in [0.3, 0.4) is 0 Å². The van der Waals surface area contributed by atoms with E-state index in [1.54, 1.807) is 0 Å². The molecule has 0 saturated carbocycles. The van der Waals surface area contributed by atoms with Crippen LogP contribution in [0.4, 0.5) is 0 Å². The smallest absolute Gasteiger partial charge is 0.0388 e. The van der Waals surface area contributed by atoms with Crippen molar-refractivity contribution in [3.8, 4) is 0 Å². The summed E-state index contributed by atoms with van der Waals surface area (Å²) in [5, 5.41) is 0. The first-order valence-corrected chi connectivity index (χ1v) is 4.21. The molecule has 3 heteroatoms. The number of rotatable bonds is 1. The van der Waals surface area contributed by atoms with Gasteiger partial charge in [-0.05, 0) is 12.8 Å². The van der Waals surface area contributed by atoms with Crippen molar-refractivity contribution in [1.82, 2.24) is 3.53 Å². The summed E-state index contributed by atoms with van der Waals surface area (Å²) in [6.45, 7) is 0. The average molecular weight is 238 g/mol. The molecule has 0 bridgehead atoms. The Morgan fingerprint density at radius 2 is 2.44 bits per heavy atom. The van der Waals surface area contributed by atoms with Crippen LogP contribution in [0.1, 0.15) is 12.8 Å². The van der Waals surface area contributed by atoms with Crippen molar-refractivity contribution in [2.45, 2.75) is 24.9 Å². The third kappa shape index (κ3) is 1.91. The number of hydrogen-bond donors (Lipinski definition) is 2. The van der Waals surface area contributed by atoms with Gasteiger partial charge in [-0.25, -0.2) is 0 Å². The maximum Gasteiger partial charge on any atom is 0.0388 e. The molecule has 0 fully saturated rings. The van der Waals surface area contributed by atoms with E-state index in [0.717, 1.165) is 6.42 Å². The number of nitrogens with one attached hydrogen (secondary N) is 1. The summed E-state index contributed by atoms with van der Waals surface area (Å²) < 4.78 is 3.15. The van der Waals surface area contributed by atoms with Crippen molar-refractivity contribution in [3.05, 3.63) is 12.2 Å². The zero-order chi connectivity index (χ0) is 6.69. The second kappa shape index (κ2) is 3.53. The maximum atomic E-state index is 5.74. The van der Waals surface area contributed by atoms with Crippen molar-refractivity contribution in [2.75, 3.05) is 0 Å². The van der Waals surface area contributed by atoms with E-state index < -0.39 is 0 Å². The molecule has 0 aliphatic heterocycles. The van der Waals surface area contributed by atoms with E-state index in [4.69, 9.17) is 5.73 Å². The zero-order valence-corrected chi connectivity index (χ0v) is 7.34. The third-order valence-electron chi connectivity index (χ3n) is 1.61. The molecule has 0 amide bonds. The van der Waals surface area contributed by atoms with Crippen LogP contribution in [0.2, 0.25) is 0 Å². The normalized spacial score (nSPS) is 34.9. The Balaban J connectivity index is 2.44. The zero-order valence-electron chi connectivity index (χ0n) is 5.18. The van der Waals surface area contributed by atoms with Crippen LogP contribution in [-0.4, -0.2) is 12.1 Å². The molecule has 2 unspecified atom stereocenters. The Labute approximate surface area is 69.4 Å². The highest BCUT2D eigenvalue weighted by Gasteiger charge is 2.15. The summed E-state index contributed by atoms with van der Waals surface area (Å²) >= 11 is 2.16. The molecule has 52 valence electrons. The van der Waals surface area contributed by atoms with Crippen LogP contribution in [0, 0.1) is 0 Å². The monoisotopic (exact) mass is 238 g/mol. The van der Waals surface area contributed by atoms with Gasteiger partial charge in [-0.1, -0.05) is 12.2 Å². The first-order valence-electron chi connectivity index (χ1n) is 3.13. The molecule has 2 atom stereocenters. The molecule has 0 aromatic rings. The van der Waals surface area contributed by atoms with Crippen LogP contribution in [0.25, 0.3) is 0 Å². The van der Waals surface area contributed by atoms with E-state index >= 15 is 0 Å². The third-order valence-corrected chi connectivity index (χ3v) is 2.41. The van der Waals surface area contributed by atoms with Crippen molar-refractivity contribution < 1.29 is 0 Å². The van der Waals surface area contributed by atoms with Crippen LogP contribution >= 0.6 is 22.9 Å². The summed E-state index contributed by atoms with van der Waals surface area (Å²) in [6, 6.07) is 0.700. The minimum Gasteiger partial charge on any atom is -0.323 e. The molecule has 2 nitrogen and oxygen atoms in total. The minimum absolute atomic E-state index is 0.218. The Hall–Kier alpha value is 0.390. The maximum absolute atomic E-state index is 5.74. The van der Waals surface area contributed by atoms with E-state index in [1.807, 2.05) is 0 Å². The van der Waals surface area contributed by atoms with Gasteiger partial charge in [0.25, 0.3) is 0 Å². The van der Waals surface area contributed by atoms with E-state index in [2.05, 4.69) is 38.5 Å². The summed E-state index contributed by atoms with van der Waals surface area (Å²) in [5.41, 5.74) is 5.74. The molecule has 9 heavy (non-hydrogen) atoms. The molecule has 1 aliphatic rings. The fourth-order valence-electron chi connectivity index (χ4n) is 0.983. The van der Waals surface area contributed by atoms with Crippen molar-refractivity contribution in [2.24, 2.45) is 5.73 Å². The molecule has 1 rings (SSSR count). The molecule has 0 aromatic carbocycles. The van der Waals surface area contributed by atoms with Gasteiger partial charge < -0.3 is 5.73 Å². The van der Waals surface area contributed by atoms with Gasteiger partial charge in [-0.3, -0.25) is 3.53 Å². The molecule has 0 spiro atoms. The lowest BCUT2D eigenvalue weighted by Gasteiger charge is -2.22. The van der Waals surface area contributed by atoms with E-state index in [-0.39, 0.29) is 6.04 Å². The topological polar surface area (TPSA) is 38.0 Å². The van der Waals surface area contributed by atoms with Crippen LogP contribution in [0.15, 0.2) is 12.2 Å². The highest BCUT2D eigenvalue weighted by Crippen LogP contribution is 2.10. The lowest BCUT2D eigenvalue weighted by Crippen LogP contribution is -2.41. The molecule has 1 aliphatic carbocycles. The van der Waals surface area contributed by atoms with E-state index in [1.165, 1.54) is 6.42 Å². The van der Waals surface area contributed by atoms with Crippen LogP contribution in [-0.2, 0) is 0 Å². The average Bonchev–Trinajstić information content (AvgIpc) is 1.89. The molecular weight excluding hydrogens is 227 g/mol. The van der Waals surface area contributed by atoms with Gasteiger partial charge in [0.05, 0.1) is 0 Å². The Morgan fingerprint density at radius 1 is 1.67 bits per heavy atom. The van der Waals surface area contributed by atoms with E-state index in [0.29, 0.717) is 6.04 Å². The number of allylic oxidation sites excluding steroid dienone is 1. The Kier molecular flexibility index (Phi) is 2.94. The van der Waals surface area contributed by atoms with Crippen molar-refractivity contribution in [3.63, 3.8) is 0 Å². The summed E-state index contributed by atoms with van der Waals surface area (Å²) in [7, 11) is 0. The second-order valence-electron chi connectivity index (χ2n) is 2.30. The van der Waals surface area contributed by atoms with Gasteiger partial charge in [0.1, 0.15) is 0 Å². The standard InChI is InChI=1S/C6H11IN2/c7-9-6-4-2-1-3-5(6)8/h1,3,5-6,9H,2,4,8H2. The molecule has 0 heterocycles. The van der Waals surface area contributed by atoms with Crippen LogP contribution < -0.4 is 9.26 Å². The first kappa shape index (κ1) is 7.50. The largest absolute Gasteiger partial charge is 0.323 e. The number of nitrogens with two attached hydrogens (primary N) is 1. The van der Waals surface area contributed by atoms with Gasteiger partial charge in [0.2, 0.25) is 0 Å². The van der Waals surface area contributed by atoms with E-state index in [9.17, 15) is 0 Å². The predicted octanol–water partition coefficient (Wildman–Crippen LogP) is 0.972. The van der Waals surface area contributed by atoms with Gasteiger partial charge in [0.15, 0.2) is 0 Å². The molecule has 0 radical (unpaired) electrons. The predicted molar refractivity (Wildman–Crippen MR) is 47.3 cm³/mol. The lowest BCUT2D eigenvalue weighted by atomic mass is 9.99. The Bertz CT molecular complexity index is 114. The lowest BCUT2D eigenvalue weighted by molar-refractivity contribution is 0.522. The SMILES string of the molecule is NC1C=CCCC1NI. The molecule has 0 saturated heterocycles. The first-order chi connectivity index (χ1) is 4.34. The Morgan fingerprint density at radius 3 is 2.89 bits per heavy atom.